The third kappa shape index (κ3) is 4.97. The average molecular weight is 216 g/mol. The highest BCUT2D eigenvalue weighted by Crippen LogP contribution is 2.15. The molecule has 0 aliphatic rings. The summed E-state index contributed by atoms with van der Waals surface area (Å²) in [6.45, 7) is 8.44. The van der Waals surface area contributed by atoms with E-state index in [4.69, 9.17) is 0 Å². The monoisotopic (exact) mass is 216 g/mol. The number of ketones is 1. The van der Waals surface area contributed by atoms with E-state index in [1.807, 2.05) is 0 Å². The van der Waals surface area contributed by atoms with E-state index >= 15 is 0 Å². The number of Topliss-reactive ketones (excluding diaryl/α,β-unsaturated/α-hetero) is 1. The lowest BCUT2D eigenvalue weighted by Crippen LogP contribution is -2.27. The quantitative estimate of drug-likeness (QED) is 0.672. The molecule has 0 spiro atoms. The van der Waals surface area contributed by atoms with Crippen molar-refractivity contribution in [3.05, 3.63) is 24.1 Å². The summed E-state index contributed by atoms with van der Waals surface area (Å²) in [5.41, 5.74) is -0.616. The van der Waals surface area contributed by atoms with E-state index in [1.54, 1.807) is 20.8 Å². The van der Waals surface area contributed by atoms with E-state index in [-0.39, 0.29) is 5.78 Å². The van der Waals surface area contributed by atoms with Crippen molar-refractivity contribution in [1.82, 2.24) is 0 Å². The van der Waals surface area contributed by atoms with Crippen LogP contribution in [0.4, 0.5) is 0 Å². The van der Waals surface area contributed by atoms with E-state index < -0.39 is 21.0 Å². The molecule has 0 amide bonds. The fraction of sp³-hybridized carbons (Fsp3) is 0.500. The second kappa shape index (κ2) is 4.55. The third-order valence-electron chi connectivity index (χ3n) is 1.59. The third-order valence-corrected chi connectivity index (χ3v) is 2.83. The topological polar surface area (TPSA) is 51.2 Å². The van der Waals surface area contributed by atoms with Crippen LogP contribution in [0.5, 0.6) is 0 Å². The summed E-state index contributed by atoms with van der Waals surface area (Å²) in [5.74, 6) is -0.730. The fourth-order valence-electron chi connectivity index (χ4n) is 0.623. The zero-order valence-corrected chi connectivity index (χ0v) is 9.60. The number of carbonyl (C=O) groups is 1. The number of hydrogen-bond donors (Lipinski definition) is 0. The van der Waals surface area contributed by atoms with Gasteiger partial charge >= 0.3 is 0 Å². The van der Waals surface area contributed by atoms with Crippen molar-refractivity contribution in [3.8, 4) is 0 Å². The Morgan fingerprint density at radius 2 is 1.86 bits per heavy atom. The van der Waals surface area contributed by atoms with Crippen molar-refractivity contribution in [3.63, 3.8) is 0 Å². The van der Waals surface area contributed by atoms with Crippen LogP contribution in [-0.4, -0.2) is 20.0 Å². The molecule has 80 valence electrons. The standard InChI is InChI=1S/C10H16O3S/c1-5-6-7-14(12,13)8-9(11)10(2,3)4/h5-7H,1,8H2,2-4H3/b7-6-. The summed E-state index contributed by atoms with van der Waals surface area (Å²) in [6, 6.07) is 0. The molecule has 0 atom stereocenters. The van der Waals surface area contributed by atoms with Gasteiger partial charge in [-0.3, -0.25) is 4.79 Å². The minimum atomic E-state index is -3.43. The maximum absolute atomic E-state index is 11.4. The first-order valence-electron chi connectivity index (χ1n) is 4.24. The van der Waals surface area contributed by atoms with Crippen LogP contribution in [0.1, 0.15) is 20.8 Å². The van der Waals surface area contributed by atoms with Gasteiger partial charge in [0, 0.05) is 10.8 Å². The molecule has 0 heterocycles. The van der Waals surface area contributed by atoms with E-state index in [2.05, 4.69) is 6.58 Å². The Hall–Kier alpha value is -0.900. The molecular weight excluding hydrogens is 200 g/mol. The molecule has 0 saturated heterocycles. The number of sulfone groups is 1. The Morgan fingerprint density at radius 1 is 1.36 bits per heavy atom. The van der Waals surface area contributed by atoms with Crippen LogP contribution in [-0.2, 0) is 14.6 Å². The van der Waals surface area contributed by atoms with Gasteiger partial charge in [-0.2, -0.15) is 0 Å². The van der Waals surface area contributed by atoms with Crippen LogP contribution in [0.2, 0.25) is 0 Å². The smallest absolute Gasteiger partial charge is 0.178 e. The van der Waals surface area contributed by atoms with Gasteiger partial charge in [0.15, 0.2) is 15.6 Å². The maximum Gasteiger partial charge on any atom is 0.178 e. The molecule has 0 N–H and O–H groups in total. The number of hydrogen-bond acceptors (Lipinski definition) is 3. The van der Waals surface area contributed by atoms with Gasteiger partial charge in [0.1, 0.15) is 5.75 Å². The summed E-state index contributed by atoms with van der Waals surface area (Å²) in [7, 11) is -3.43. The Labute approximate surface area is 85.4 Å². The van der Waals surface area contributed by atoms with Crippen molar-refractivity contribution >= 4 is 15.6 Å². The maximum atomic E-state index is 11.4. The molecule has 0 aliphatic carbocycles. The summed E-state index contributed by atoms with van der Waals surface area (Å²) in [5, 5.41) is 1.00. The summed E-state index contributed by atoms with van der Waals surface area (Å²) >= 11 is 0. The van der Waals surface area contributed by atoms with E-state index in [1.165, 1.54) is 12.2 Å². The first-order valence-corrected chi connectivity index (χ1v) is 5.96. The van der Waals surface area contributed by atoms with Gasteiger partial charge in [-0.05, 0) is 0 Å². The van der Waals surface area contributed by atoms with Crippen LogP contribution >= 0.6 is 0 Å². The first kappa shape index (κ1) is 13.1. The van der Waals surface area contributed by atoms with Gasteiger partial charge in [-0.1, -0.05) is 39.5 Å². The van der Waals surface area contributed by atoms with Gasteiger partial charge in [-0.25, -0.2) is 8.42 Å². The minimum absolute atomic E-state index is 0.286. The molecule has 0 unspecified atom stereocenters. The zero-order valence-electron chi connectivity index (χ0n) is 8.78. The molecule has 0 rings (SSSR count). The van der Waals surface area contributed by atoms with Gasteiger partial charge in [0.05, 0.1) is 0 Å². The average Bonchev–Trinajstić information content (AvgIpc) is 1.98. The molecule has 3 nitrogen and oxygen atoms in total. The molecular formula is C10H16O3S. The lowest BCUT2D eigenvalue weighted by molar-refractivity contribution is -0.123. The van der Waals surface area contributed by atoms with Crippen molar-refractivity contribution in [1.29, 1.82) is 0 Å². The van der Waals surface area contributed by atoms with Gasteiger partial charge in [0.2, 0.25) is 0 Å². The predicted octanol–water partition coefficient (Wildman–Crippen LogP) is 1.72. The highest BCUT2D eigenvalue weighted by atomic mass is 32.2. The molecule has 0 aromatic heterocycles. The van der Waals surface area contributed by atoms with Crippen molar-refractivity contribution in [2.75, 3.05) is 5.75 Å². The van der Waals surface area contributed by atoms with Crippen LogP contribution in [0.25, 0.3) is 0 Å². The Kier molecular flexibility index (Phi) is 4.26. The molecule has 0 bridgehead atoms. The first-order chi connectivity index (χ1) is 6.19. The molecule has 0 aromatic carbocycles. The fourth-order valence-corrected chi connectivity index (χ4v) is 1.87. The number of rotatable bonds is 4. The highest BCUT2D eigenvalue weighted by molar-refractivity contribution is 7.94. The lowest BCUT2D eigenvalue weighted by Gasteiger charge is -2.15. The normalized spacial score (nSPS) is 13.1. The van der Waals surface area contributed by atoms with Gasteiger partial charge in [-0.15, -0.1) is 0 Å². The number of allylic oxidation sites excluding steroid dienone is 2. The van der Waals surface area contributed by atoms with E-state index in [0.29, 0.717) is 0 Å². The SMILES string of the molecule is C=C/C=C\S(=O)(=O)CC(=O)C(C)(C)C. The minimum Gasteiger partial charge on any atom is -0.298 e. The highest BCUT2D eigenvalue weighted by Gasteiger charge is 2.25. The van der Waals surface area contributed by atoms with Gasteiger partial charge < -0.3 is 0 Å². The molecule has 0 aromatic rings. The van der Waals surface area contributed by atoms with Crippen LogP contribution in [0.15, 0.2) is 24.1 Å². The van der Waals surface area contributed by atoms with Crippen LogP contribution < -0.4 is 0 Å². The predicted molar refractivity (Wildman–Crippen MR) is 57.6 cm³/mol. The Morgan fingerprint density at radius 3 is 2.21 bits per heavy atom. The molecule has 0 radical (unpaired) electrons. The molecule has 0 aliphatic heterocycles. The molecule has 4 heteroatoms. The van der Waals surface area contributed by atoms with Crippen molar-refractivity contribution in [2.45, 2.75) is 20.8 Å². The Bertz CT molecular complexity index is 342. The summed E-state index contributed by atoms with van der Waals surface area (Å²) in [4.78, 5) is 11.4. The number of carbonyl (C=O) groups excluding carboxylic acids is 1. The molecule has 0 fully saturated rings. The van der Waals surface area contributed by atoms with Gasteiger partial charge in [0.25, 0.3) is 0 Å². The molecule has 14 heavy (non-hydrogen) atoms. The zero-order chi connectivity index (χ0) is 11.4. The van der Waals surface area contributed by atoms with Crippen LogP contribution in [0, 0.1) is 5.41 Å². The van der Waals surface area contributed by atoms with Crippen molar-refractivity contribution in [2.24, 2.45) is 5.41 Å². The molecule has 0 saturated carbocycles. The lowest BCUT2D eigenvalue weighted by atomic mass is 9.92. The summed E-state index contributed by atoms with van der Waals surface area (Å²) < 4.78 is 22.6. The second-order valence-electron chi connectivity index (χ2n) is 4.04. The largest absolute Gasteiger partial charge is 0.298 e. The summed E-state index contributed by atoms with van der Waals surface area (Å²) in [6.07, 6.45) is 2.67. The van der Waals surface area contributed by atoms with E-state index in [9.17, 15) is 13.2 Å². The second-order valence-corrected chi connectivity index (χ2v) is 5.93. The van der Waals surface area contributed by atoms with E-state index in [0.717, 1.165) is 5.41 Å². The van der Waals surface area contributed by atoms with Crippen LogP contribution in [0.3, 0.4) is 0 Å². The Balaban J connectivity index is 4.62. The van der Waals surface area contributed by atoms with Crippen molar-refractivity contribution < 1.29 is 13.2 Å².